The van der Waals surface area contributed by atoms with Crippen LogP contribution in [-0.4, -0.2) is 20.9 Å². The van der Waals surface area contributed by atoms with Crippen molar-refractivity contribution in [2.24, 2.45) is 5.41 Å². The molecule has 1 aromatic heterocycles. The maximum atomic E-state index is 13.7. The molecule has 2 fully saturated rings. The first-order valence-electron chi connectivity index (χ1n) is 11.5. The van der Waals surface area contributed by atoms with E-state index in [1.54, 1.807) is 17.2 Å². The molecule has 3 aromatic rings. The Kier molecular flexibility index (Phi) is 5.59. The number of rotatable bonds is 6. The van der Waals surface area contributed by atoms with E-state index in [4.69, 9.17) is 18.8 Å². The molecule has 6 heteroatoms. The molecule has 1 spiro atoms. The maximum absolute atomic E-state index is 13.7. The minimum Gasteiger partial charge on any atom is -0.349 e. The molecule has 33 heavy (non-hydrogen) atoms. The zero-order valence-electron chi connectivity index (χ0n) is 18.7. The highest BCUT2D eigenvalue weighted by Crippen LogP contribution is 2.58. The normalized spacial score (nSPS) is 19.0. The number of carbonyl (C=O) groups excluding carboxylic acids is 1. The van der Waals surface area contributed by atoms with Crippen LogP contribution in [0.15, 0.2) is 54.9 Å². The lowest BCUT2D eigenvalue weighted by molar-refractivity contribution is -0.130. The second-order valence-corrected chi connectivity index (χ2v) is 9.55. The van der Waals surface area contributed by atoms with E-state index in [0.717, 1.165) is 61.2 Å². The Morgan fingerprint density at radius 3 is 2.61 bits per heavy atom. The number of aryl methyl sites for hydroxylation is 3. The van der Waals surface area contributed by atoms with Crippen molar-refractivity contribution in [1.82, 2.24) is 9.97 Å². The molecule has 2 aromatic carbocycles. The van der Waals surface area contributed by atoms with Crippen molar-refractivity contribution in [3.05, 3.63) is 88.8 Å². The van der Waals surface area contributed by atoms with Gasteiger partial charge in [-0.15, -0.1) is 0 Å². The summed E-state index contributed by atoms with van der Waals surface area (Å²) in [6.07, 6.45) is 9.39. The number of thiocarbonyl (C=S) groups is 1. The third-order valence-electron chi connectivity index (χ3n) is 7.20. The first kappa shape index (κ1) is 21.5. The summed E-state index contributed by atoms with van der Waals surface area (Å²) in [7, 11) is 0. The fourth-order valence-electron chi connectivity index (χ4n) is 5.25. The molecule has 5 rings (SSSR count). The van der Waals surface area contributed by atoms with Crippen LogP contribution in [0.1, 0.15) is 54.1 Å². The summed E-state index contributed by atoms with van der Waals surface area (Å²) in [4.78, 5) is 27.1. The van der Waals surface area contributed by atoms with Gasteiger partial charge in [0.2, 0.25) is 5.91 Å². The average Bonchev–Trinajstić information content (AvgIpc) is 3.38. The number of amides is 1. The van der Waals surface area contributed by atoms with Crippen LogP contribution in [0.2, 0.25) is 0 Å². The quantitative estimate of drug-likeness (QED) is 0.363. The Balaban J connectivity index is 1.38. The lowest BCUT2D eigenvalue weighted by Crippen LogP contribution is -2.41. The van der Waals surface area contributed by atoms with Crippen molar-refractivity contribution in [3.8, 4) is 0 Å². The number of aromatic amines is 1. The van der Waals surface area contributed by atoms with Gasteiger partial charge in [-0.2, -0.15) is 0 Å². The minimum atomic E-state index is -0.426. The molecule has 1 saturated carbocycles. The van der Waals surface area contributed by atoms with E-state index in [2.05, 4.69) is 39.1 Å². The Morgan fingerprint density at radius 2 is 2.00 bits per heavy atom. The molecule has 5 nitrogen and oxygen atoms in total. The lowest BCUT2D eigenvalue weighted by Gasteiger charge is -2.40. The number of hydrogen-bond donors (Lipinski definition) is 1. The maximum Gasteiger partial charge on any atom is 0.239 e. The van der Waals surface area contributed by atoms with Gasteiger partial charge in [0.05, 0.1) is 17.0 Å². The van der Waals surface area contributed by atoms with Crippen LogP contribution in [0.5, 0.6) is 0 Å². The van der Waals surface area contributed by atoms with Gasteiger partial charge >= 0.3 is 0 Å². The number of nitrogens with zero attached hydrogens (tertiary/aromatic N) is 3. The van der Waals surface area contributed by atoms with Crippen molar-refractivity contribution in [2.45, 2.75) is 51.4 Å². The summed E-state index contributed by atoms with van der Waals surface area (Å²) in [6, 6.07) is 14.2. The van der Waals surface area contributed by atoms with Gasteiger partial charge in [0.25, 0.3) is 0 Å². The summed E-state index contributed by atoms with van der Waals surface area (Å²) < 4.78 is 0. The van der Waals surface area contributed by atoms with Crippen LogP contribution < -0.4 is 4.90 Å². The van der Waals surface area contributed by atoms with Crippen molar-refractivity contribution >= 4 is 34.5 Å². The molecule has 1 unspecified atom stereocenters. The first-order valence-corrected chi connectivity index (χ1v) is 11.9. The lowest BCUT2D eigenvalue weighted by atomic mass is 9.60. The average molecular weight is 455 g/mol. The minimum absolute atomic E-state index is 0.0771. The van der Waals surface area contributed by atoms with Gasteiger partial charge in [0.15, 0.2) is 5.69 Å². The van der Waals surface area contributed by atoms with Crippen molar-refractivity contribution < 1.29 is 4.79 Å². The summed E-state index contributed by atoms with van der Waals surface area (Å²) in [6.45, 7) is 9.20. The van der Waals surface area contributed by atoms with E-state index >= 15 is 0 Å². The predicted molar refractivity (Wildman–Crippen MR) is 134 cm³/mol. The zero-order valence-corrected chi connectivity index (χ0v) is 19.5. The SMILES string of the molecule is [C-]#[N+]c1ccc(N2C(=O)C3(CCC3)C(c3ccc(CCCc4ncc[nH]4)cc3)C2=S)cc1C. The van der Waals surface area contributed by atoms with E-state index in [0.29, 0.717) is 10.7 Å². The molecule has 1 saturated heterocycles. The first-order chi connectivity index (χ1) is 16.0. The fraction of sp³-hybridized carbons (Fsp3) is 0.333. The number of imidazole rings is 1. The standard InChI is InChI=1S/C27H26N4OS/c1-18-17-21(11-12-22(18)28-2)31-25(33)24(27(26(31)32)13-4-14-27)20-9-7-19(8-10-20)5-3-6-23-29-15-16-30-23/h7-12,15-17,24H,3-6,13-14H2,1H3,(H,29,30). The van der Waals surface area contributed by atoms with Gasteiger partial charge in [-0.05, 0) is 61.4 Å². The Morgan fingerprint density at radius 1 is 1.21 bits per heavy atom. The number of anilines is 1. The zero-order chi connectivity index (χ0) is 23.0. The van der Waals surface area contributed by atoms with Gasteiger partial charge in [0.1, 0.15) is 5.82 Å². The van der Waals surface area contributed by atoms with Crippen LogP contribution in [0.4, 0.5) is 11.4 Å². The Hall–Kier alpha value is -3.30. The van der Waals surface area contributed by atoms with Gasteiger partial charge in [-0.25, -0.2) is 9.83 Å². The van der Waals surface area contributed by atoms with Crippen LogP contribution >= 0.6 is 12.2 Å². The van der Waals surface area contributed by atoms with Crippen LogP contribution in [0, 0.1) is 18.9 Å². The Labute approximate surface area is 199 Å². The van der Waals surface area contributed by atoms with E-state index in [-0.39, 0.29) is 11.8 Å². The van der Waals surface area contributed by atoms with E-state index < -0.39 is 5.41 Å². The molecule has 1 aliphatic heterocycles. The molecule has 0 radical (unpaired) electrons. The number of aromatic nitrogens is 2. The number of carbonyl (C=O) groups is 1. The number of benzene rings is 2. The molecule has 1 aliphatic carbocycles. The van der Waals surface area contributed by atoms with Crippen molar-refractivity contribution in [1.29, 1.82) is 0 Å². The van der Waals surface area contributed by atoms with Crippen LogP contribution in [0.25, 0.3) is 4.85 Å². The predicted octanol–water partition coefficient (Wildman–Crippen LogP) is 6.07. The number of H-pyrrole nitrogens is 1. The fourth-order valence-corrected chi connectivity index (χ4v) is 5.80. The van der Waals surface area contributed by atoms with Gasteiger partial charge in [0, 0.05) is 30.4 Å². The monoisotopic (exact) mass is 454 g/mol. The van der Waals surface area contributed by atoms with Crippen LogP contribution in [-0.2, 0) is 17.6 Å². The molecule has 2 aliphatic rings. The van der Waals surface area contributed by atoms with Gasteiger partial charge < -0.3 is 4.98 Å². The summed E-state index contributed by atoms with van der Waals surface area (Å²) in [5.41, 5.74) is 4.23. The highest BCUT2D eigenvalue weighted by molar-refractivity contribution is 7.80. The second-order valence-electron chi connectivity index (χ2n) is 9.14. The van der Waals surface area contributed by atoms with E-state index in [1.807, 2.05) is 25.3 Å². The summed E-state index contributed by atoms with van der Waals surface area (Å²) in [5, 5.41) is 0. The summed E-state index contributed by atoms with van der Waals surface area (Å²) >= 11 is 5.94. The highest BCUT2D eigenvalue weighted by Gasteiger charge is 2.60. The van der Waals surface area contributed by atoms with Crippen molar-refractivity contribution in [3.63, 3.8) is 0 Å². The molecular formula is C27H26N4OS. The molecule has 0 bridgehead atoms. The number of nitrogens with one attached hydrogen (secondary N) is 1. The highest BCUT2D eigenvalue weighted by atomic mass is 32.1. The number of hydrogen-bond acceptors (Lipinski definition) is 3. The Bertz CT molecular complexity index is 1240. The molecule has 166 valence electrons. The topological polar surface area (TPSA) is 53.4 Å². The molecule has 1 N–H and O–H groups in total. The smallest absolute Gasteiger partial charge is 0.239 e. The van der Waals surface area contributed by atoms with Crippen LogP contribution in [0.3, 0.4) is 0 Å². The third-order valence-corrected chi connectivity index (χ3v) is 7.62. The third kappa shape index (κ3) is 3.67. The largest absolute Gasteiger partial charge is 0.349 e. The van der Waals surface area contributed by atoms with E-state index in [1.165, 1.54) is 5.56 Å². The summed E-state index contributed by atoms with van der Waals surface area (Å²) in [5.74, 6) is 1.06. The second kappa shape index (κ2) is 8.57. The van der Waals surface area contributed by atoms with E-state index in [9.17, 15) is 4.79 Å². The molecule has 2 heterocycles. The molecular weight excluding hydrogens is 428 g/mol. The molecule has 1 atom stereocenters. The van der Waals surface area contributed by atoms with Gasteiger partial charge in [-0.3, -0.25) is 9.69 Å². The van der Waals surface area contributed by atoms with Crippen molar-refractivity contribution in [2.75, 3.05) is 4.90 Å². The van der Waals surface area contributed by atoms with Gasteiger partial charge in [-0.1, -0.05) is 49.0 Å². The molecule has 1 amide bonds.